The average molecular weight is 342 g/mol. The Morgan fingerprint density at radius 3 is 2.88 bits per heavy atom. The van der Waals surface area contributed by atoms with Crippen LogP contribution in [0.5, 0.6) is 0 Å². The SMILES string of the molecule is CSc1ncccc1C(=O)OCC(=O)N1c2ccccc2C[C@H]1C. The number of para-hydroxylation sites is 1. The molecule has 0 bridgehead atoms. The third-order valence-electron chi connectivity index (χ3n) is 3.99. The van der Waals surface area contributed by atoms with E-state index in [4.69, 9.17) is 4.74 Å². The molecule has 3 rings (SSSR count). The number of esters is 1. The number of hydrogen-bond acceptors (Lipinski definition) is 5. The van der Waals surface area contributed by atoms with Gasteiger partial charge in [0.2, 0.25) is 0 Å². The van der Waals surface area contributed by atoms with E-state index in [2.05, 4.69) is 4.98 Å². The van der Waals surface area contributed by atoms with Gasteiger partial charge in [-0.25, -0.2) is 9.78 Å². The number of thioether (sulfide) groups is 1. The van der Waals surface area contributed by atoms with Gasteiger partial charge in [0.15, 0.2) is 6.61 Å². The molecule has 1 aliphatic rings. The summed E-state index contributed by atoms with van der Waals surface area (Å²) < 4.78 is 5.22. The molecule has 24 heavy (non-hydrogen) atoms. The van der Waals surface area contributed by atoms with Gasteiger partial charge in [0.05, 0.1) is 5.56 Å². The molecule has 1 aromatic heterocycles. The molecular formula is C18H18N2O3S. The first-order valence-electron chi connectivity index (χ1n) is 7.68. The highest BCUT2D eigenvalue weighted by Gasteiger charge is 2.31. The molecular weight excluding hydrogens is 324 g/mol. The minimum Gasteiger partial charge on any atom is -0.452 e. The molecule has 1 aromatic carbocycles. The van der Waals surface area contributed by atoms with E-state index in [1.807, 2.05) is 37.4 Å². The summed E-state index contributed by atoms with van der Waals surface area (Å²) in [7, 11) is 0. The topological polar surface area (TPSA) is 59.5 Å². The number of pyridine rings is 1. The maximum absolute atomic E-state index is 12.5. The second-order valence-electron chi connectivity index (χ2n) is 5.58. The normalized spacial score (nSPS) is 15.9. The van der Waals surface area contributed by atoms with Gasteiger partial charge in [0, 0.05) is 17.9 Å². The second-order valence-corrected chi connectivity index (χ2v) is 6.38. The Kier molecular flexibility index (Phi) is 4.85. The Bertz CT molecular complexity index is 778. The van der Waals surface area contributed by atoms with Crippen molar-refractivity contribution in [1.82, 2.24) is 4.98 Å². The molecule has 1 atom stereocenters. The van der Waals surface area contributed by atoms with Crippen LogP contribution in [-0.4, -0.2) is 35.8 Å². The van der Waals surface area contributed by atoms with Crippen LogP contribution in [0.1, 0.15) is 22.8 Å². The van der Waals surface area contributed by atoms with Crippen LogP contribution in [0.3, 0.4) is 0 Å². The van der Waals surface area contributed by atoms with Crippen LogP contribution in [0, 0.1) is 0 Å². The third-order valence-corrected chi connectivity index (χ3v) is 4.70. The van der Waals surface area contributed by atoms with Crippen molar-refractivity contribution >= 4 is 29.3 Å². The lowest BCUT2D eigenvalue weighted by molar-refractivity contribution is -0.122. The Labute approximate surface area is 145 Å². The molecule has 1 amide bonds. The van der Waals surface area contributed by atoms with Crippen LogP contribution in [-0.2, 0) is 16.0 Å². The van der Waals surface area contributed by atoms with Gasteiger partial charge in [-0.15, -0.1) is 11.8 Å². The molecule has 0 saturated heterocycles. The molecule has 5 nitrogen and oxygen atoms in total. The monoisotopic (exact) mass is 342 g/mol. The highest BCUT2D eigenvalue weighted by atomic mass is 32.2. The molecule has 0 radical (unpaired) electrons. The lowest BCUT2D eigenvalue weighted by atomic mass is 10.1. The van der Waals surface area contributed by atoms with Crippen molar-refractivity contribution in [1.29, 1.82) is 0 Å². The summed E-state index contributed by atoms with van der Waals surface area (Å²) in [5.74, 6) is -0.740. The Morgan fingerprint density at radius 2 is 2.08 bits per heavy atom. The van der Waals surface area contributed by atoms with Crippen LogP contribution in [0.15, 0.2) is 47.6 Å². The fourth-order valence-corrected chi connectivity index (χ4v) is 3.47. The van der Waals surface area contributed by atoms with Crippen molar-refractivity contribution in [3.8, 4) is 0 Å². The second kappa shape index (κ2) is 7.05. The lowest BCUT2D eigenvalue weighted by Crippen LogP contribution is -2.38. The maximum Gasteiger partial charge on any atom is 0.341 e. The average Bonchev–Trinajstić information content (AvgIpc) is 2.95. The Balaban J connectivity index is 1.69. The predicted molar refractivity (Wildman–Crippen MR) is 93.4 cm³/mol. The van der Waals surface area contributed by atoms with Crippen LogP contribution in [0.2, 0.25) is 0 Å². The number of fused-ring (bicyclic) bond motifs is 1. The van der Waals surface area contributed by atoms with E-state index < -0.39 is 5.97 Å². The van der Waals surface area contributed by atoms with Gasteiger partial charge in [0.25, 0.3) is 5.91 Å². The van der Waals surface area contributed by atoms with Crippen molar-refractivity contribution in [2.24, 2.45) is 0 Å². The van der Waals surface area contributed by atoms with Gasteiger partial charge in [0.1, 0.15) is 5.03 Å². The van der Waals surface area contributed by atoms with Gasteiger partial charge in [-0.1, -0.05) is 18.2 Å². The van der Waals surface area contributed by atoms with E-state index in [1.54, 1.807) is 23.2 Å². The van der Waals surface area contributed by atoms with E-state index in [1.165, 1.54) is 11.8 Å². The first kappa shape index (κ1) is 16.5. The van der Waals surface area contributed by atoms with Crippen molar-refractivity contribution in [2.45, 2.75) is 24.4 Å². The highest BCUT2D eigenvalue weighted by Crippen LogP contribution is 2.31. The van der Waals surface area contributed by atoms with E-state index >= 15 is 0 Å². The van der Waals surface area contributed by atoms with Crippen LogP contribution < -0.4 is 4.90 Å². The summed E-state index contributed by atoms with van der Waals surface area (Å²) in [6, 6.07) is 11.2. The summed E-state index contributed by atoms with van der Waals surface area (Å²) in [6.45, 7) is 1.72. The molecule has 6 heteroatoms. The van der Waals surface area contributed by atoms with E-state index in [0.29, 0.717) is 10.6 Å². The Hall–Kier alpha value is -2.34. The van der Waals surface area contributed by atoms with Crippen LogP contribution >= 0.6 is 11.8 Å². The van der Waals surface area contributed by atoms with Crippen molar-refractivity contribution in [3.05, 3.63) is 53.7 Å². The number of carbonyl (C=O) groups excluding carboxylic acids is 2. The Morgan fingerprint density at radius 1 is 1.29 bits per heavy atom. The number of carbonyl (C=O) groups is 2. The quantitative estimate of drug-likeness (QED) is 0.631. The smallest absolute Gasteiger partial charge is 0.341 e. The summed E-state index contributed by atoms with van der Waals surface area (Å²) in [6.07, 6.45) is 4.28. The standard InChI is InChI=1S/C18H18N2O3S/c1-12-10-13-6-3-4-8-15(13)20(12)16(21)11-23-18(22)14-7-5-9-19-17(14)24-2/h3-9,12H,10-11H2,1-2H3/t12-/m1/s1. The zero-order valence-electron chi connectivity index (χ0n) is 13.6. The summed E-state index contributed by atoms with van der Waals surface area (Å²) >= 11 is 1.37. The number of nitrogens with zero attached hydrogens (tertiary/aromatic N) is 2. The molecule has 2 aromatic rings. The summed E-state index contributed by atoms with van der Waals surface area (Å²) in [5.41, 5.74) is 2.42. The molecule has 0 spiro atoms. The van der Waals surface area contributed by atoms with Crippen LogP contribution in [0.25, 0.3) is 0 Å². The van der Waals surface area contributed by atoms with Gasteiger partial charge < -0.3 is 9.64 Å². The zero-order valence-corrected chi connectivity index (χ0v) is 14.4. The zero-order chi connectivity index (χ0) is 17.1. The van der Waals surface area contributed by atoms with Gasteiger partial charge in [-0.05, 0) is 43.4 Å². The van der Waals surface area contributed by atoms with Crippen molar-refractivity contribution < 1.29 is 14.3 Å². The molecule has 1 aliphatic heterocycles. The van der Waals surface area contributed by atoms with E-state index in [0.717, 1.165) is 17.7 Å². The molecule has 2 heterocycles. The molecule has 0 N–H and O–H groups in total. The molecule has 0 unspecified atom stereocenters. The summed E-state index contributed by atoms with van der Waals surface area (Å²) in [5, 5.41) is 0.592. The van der Waals surface area contributed by atoms with Crippen molar-refractivity contribution in [3.63, 3.8) is 0 Å². The third kappa shape index (κ3) is 3.14. The summed E-state index contributed by atoms with van der Waals surface area (Å²) in [4.78, 5) is 30.6. The number of anilines is 1. The minimum atomic E-state index is -0.527. The molecule has 0 saturated carbocycles. The number of rotatable bonds is 4. The molecule has 0 fully saturated rings. The molecule has 124 valence electrons. The van der Waals surface area contributed by atoms with Gasteiger partial charge in [-0.3, -0.25) is 4.79 Å². The molecule has 0 aliphatic carbocycles. The van der Waals surface area contributed by atoms with Crippen LogP contribution in [0.4, 0.5) is 5.69 Å². The number of benzene rings is 1. The van der Waals surface area contributed by atoms with Gasteiger partial charge in [-0.2, -0.15) is 0 Å². The number of hydrogen-bond donors (Lipinski definition) is 0. The first-order chi connectivity index (χ1) is 11.6. The fraction of sp³-hybridized carbons (Fsp3) is 0.278. The predicted octanol–water partition coefficient (Wildman–Crippen LogP) is 2.94. The maximum atomic E-state index is 12.5. The van der Waals surface area contributed by atoms with E-state index in [-0.39, 0.29) is 18.6 Å². The minimum absolute atomic E-state index is 0.0637. The fourth-order valence-electron chi connectivity index (χ4n) is 2.93. The lowest BCUT2D eigenvalue weighted by Gasteiger charge is -2.22. The first-order valence-corrected chi connectivity index (χ1v) is 8.90. The van der Waals surface area contributed by atoms with E-state index in [9.17, 15) is 9.59 Å². The number of amides is 1. The number of ether oxygens (including phenoxy) is 1. The van der Waals surface area contributed by atoms with Gasteiger partial charge >= 0.3 is 5.97 Å². The number of aromatic nitrogens is 1. The van der Waals surface area contributed by atoms with Crippen molar-refractivity contribution in [2.75, 3.05) is 17.8 Å². The largest absolute Gasteiger partial charge is 0.452 e. The highest BCUT2D eigenvalue weighted by molar-refractivity contribution is 7.98.